The lowest BCUT2D eigenvalue weighted by molar-refractivity contribution is -0.137. The summed E-state index contributed by atoms with van der Waals surface area (Å²) in [5.41, 5.74) is 5.18. The molecule has 188 valence electrons. The molecule has 4 aromatic rings. The van der Waals surface area contributed by atoms with Crippen molar-refractivity contribution in [1.82, 2.24) is 0 Å². The molecule has 0 bridgehead atoms. The third kappa shape index (κ3) is 6.70. The second-order valence-corrected chi connectivity index (χ2v) is 8.58. The summed E-state index contributed by atoms with van der Waals surface area (Å²) in [4.78, 5) is 12.0. The van der Waals surface area contributed by atoms with E-state index in [-0.39, 0.29) is 12.2 Å². The van der Waals surface area contributed by atoms with Gasteiger partial charge in [0.05, 0.1) is 6.61 Å². The predicted molar refractivity (Wildman–Crippen MR) is 143 cm³/mol. The zero-order valence-corrected chi connectivity index (χ0v) is 20.8. The van der Waals surface area contributed by atoms with E-state index >= 15 is 0 Å². The van der Waals surface area contributed by atoms with Crippen molar-refractivity contribution in [3.63, 3.8) is 0 Å². The fourth-order valence-corrected chi connectivity index (χ4v) is 4.11. The van der Waals surface area contributed by atoms with Crippen LogP contribution in [0.25, 0.3) is 28.3 Å². The zero-order valence-electron chi connectivity index (χ0n) is 20.8. The smallest absolute Gasteiger partial charge is 0.330 e. The van der Waals surface area contributed by atoms with Gasteiger partial charge in [0, 0.05) is 11.6 Å². The highest BCUT2D eigenvalue weighted by Crippen LogP contribution is 2.37. The van der Waals surface area contributed by atoms with Gasteiger partial charge in [-0.05, 0) is 71.5 Å². The number of aryl methyl sites for hydroxylation is 1. The molecule has 0 aliphatic rings. The Labute approximate surface area is 216 Å². The number of carbonyl (C=O) groups excluding carboxylic acids is 1. The van der Waals surface area contributed by atoms with Gasteiger partial charge >= 0.3 is 5.97 Å². The normalized spacial score (nSPS) is 11.2. The minimum Gasteiger partial charge on any atom is -0.489 e. The summed E-state index contributed by atoms with van der Waals surface area (Å²) >= 11 is 0. The molecule has 0 aliphatic heterocycles. The van der Waals surface area contributed by atoms with Crippen LogP contribution in [0.1, 0.15) is 35.6 Å². The second-order valence-electron chi connectivity index (χ2n) is 8.58. The Kier molecular flexibility index (Phi) is 8.47. The van der Waals surface area contributed by atoms with Crippen LogP contribution in [0.4, 0.5) is 8.78 Å². The Balaban J connectivity index is 1.73. The Hall–Kier alpha value is -4.25. The lowest BCUT2D eigenvalue weighted by Crippen LogP contribution is -1.99. The molecule has 37 heavy (non-hydrogen) atoms. The van der Waals surface area contributed by atoms with Gasteiger partial charge in [-0.2, -0.15) is 0 Å². The van der Waals surface area contributed by atoms with Crippen LogP contribution in [0.3, 0.4) is 0 Å². The van der Waals surface area contributed by atoms with Gasteiger partial charge in [-0.15, -0.1) is 0 Å². The lowest BCUT2D eigenvalue weighted by atomic mass is 9.92. The first-order valence-corrected chi connectivity index (χ1v) is 12.1. The number of esters is 1. The first-order valence-electron chi connectivity index (χ1n) is 12.1. The van der Waals surface area contributed by atoms with Crippen LogP contribution in [0.5, 0.6) is 5.75 Å². The number of hydrogen-bond donors (Lipinski definition) is 0. The SMILES string of the molecule is CCOC(=O)/C=C/c1cc(OCc2ccccc2)ccc1-c1ccc(-c2cccc(C)c2)c(C(F)F)c1. The zero-order chi connectivity index (χ0) is 26.2. The highest BCUT2D eigenvalue weighted by atomic mass is 19.3. The Morgan fingerprint density at radius 1 is 0.865 bits per heavy atom. The third-order valence-corrected chi connectivity index (χ3v) is 5.88. The van der Waals surface area contributed by atoms with Crippen LogP contribution in [-0.4, -0.2) is 12.6 Å². The van der Waals surface area contributed by atoms with E-state index in [1.807, 2.05) is 73.7 Å². The number of ether oxygens (including phenoxy) is 2. The van der Waals surface area contributed by atoms with Crippen molar-refractivity contribution in [3.8, 4) is 28.0 Å². The predicted octanol–water partition coefficient (Wildman–Crippen LogP) is 8.42. The van der Waals surface area contributed by atoms with Crippen LogP contribution in [0.15, 0.2) is 97.1 Å². The highest BCUT2D eigenvalue weighted by Gasteiger charge is 2.17. The standard InChI is InChI=1S/C32H28F2O3/c1-3-36-31(35)17-13-25-19-27(37-21-23-9-5-4-6-10-23)14-16-28(25)26-12-15-29(30(20-26)32(33)34)24-11-7-8-22(2)18-24/h4-20,32H,3,21H2,1-2H3/b17-13+. The number of alkyl halides is 2. The number of hydrogen-bond acceptors (Lipinski definition) is 3. The summed E-state index contributed by atoms with van der Waals surface area (Å²) in [5.74, 6) is 0.119. The van der Waals surface area contributed by atoms with Gasteiger partial charge in [0.1, 0.15) is 12.4 Å². The minimum absolute atomic E-state index is 0.0483. The van der Waals surface area contributed by atoms with Crippen molar-refractivity contribution in [3.05, 3.63) is 119 Å². The van der Waals surface area contributed by atoms with E-state index in [0.29, 0.717) is 34.6 Å². The van der Waals surface area contributed by atoms with E-state index in [4.69, 9.17) is 9.47 Å². The molecule has 0 N–H and O–H groups in total. The summed E-state index contributed by atoms with van der Waals surface area (Å²) < 4.78 is 39.3. The topological polar surface area (TPSA) is 35.5 Å². The van der Waals surface area contributed by atoms with Crippen molar-refractivity contribution < 1.29 is 23.0 Å². The molecule has 3 nitrogen and oxygen atoms in total. The van der Waals surface area contributed by atoms with Crippen molar-refractivity contribution in [2.45, 2.75) is 26.9 Å². The van der Waals surface area contributed by atoms with Crippen LogP contribution in [0, 0.1) is 6.92 Å². The first kappa shape index (κ1) is 25.8. The summed E-state index contributed by atoms with van der Waals surface area (Å²) in [7, 11) is 0. The fraction of sp³-hybridized carbons (Fsp3) is 0.156. The van der Waals surface area contributed by atoms with Gasteiger partial charge < -0.3 is 9.47 Å². The summed E-state index contributed by atoms with van der Waals surface area (Å²) in [6, 6.07) is 27.8. The van der Waals surface area contributed by atoms with Crippen LogP contribution in [0.2, 0.25) is 0 Å². The Morgan fingerprint density at radius 2 is 1.62 bits per heavy atom. The molecular weight excluding hydrogens is 470 g/mol. The largest absolute Gasteiger partial charge is 0.489 e. The molecule has 0 fully saturated rings. The van der Waals surface area contributed by atoms with Crippen molar-refractivity contribution >= 4 is 12.0 Å². The molecule has 0 heterocycles. The Bertz CT molecular complexity index is 1390. The van der Waals surface area contributed by atoms with Crippen molar-refractivity contribution in [2.75, 3.05) is 6.61 Å². The molecule has 0 atom stereocenters. The van der Waals surface area contributed by atoms with Crippen LogP contribution in [-0.2, 0) is 16.1 Å². The Morgan fingerprint density at radius 3 is 2.35 bits per heavy atom. The lowest BCUT2D eigenvalue weighted by Gasteiger charge is -2.15. The number of carbonyl (C=O) groups is 1. The maximum atomic E-state index is 14.2. The van der Waals surface area contributed by atoms with Crippen LogP contribution < -0.4 is 4.74 Å². The van der Waals surface area contributed by atoms with E-state index in [0.717, 1.165) is 16.7 Å². The maximum Gasteiger partial charge on any atom is 0.330 e. The monoisotopic (exact) mass is 498 g/mol. The molecule has 0 radical (unpaired) electrons. The van der Waals surface area contributed by atoms with Gasteiger partial charge in [-0.3, -0.25) is 0 Å². The average Bonchev–Trinajstić information content (AvgIpc) is 2.91. The summed E-state index contributed by atoms with van der Waals surface area (Å²) in [5, 5.41) is 0. The van der Waals surface area contributed by atoms with Crippen molar-refractivity contribution in [2.24, 2.45) is 0 Å². The second kappa shape index (κ2) is 12.1. The molecule has 0 aliphatic carbocycles. The molecule has 0 unspecified atom stereocenters. The van der Waals surface area contributed by atoms with E-state index < -0.39 is 12.4 Å². The first-order chi connectivity index (χ1) is 17.9. The summed E-state index contributed by atoms with van der Waals surface area (Å²) in [6.45, 7) is 4.30. The highest BCUT2D eigenvalue weighted by molar-refractivity contribution is 5.89. The van der Waals surface area contributed by atoms with E-state index in [1.54, 1.807) is 31.2 Å². The quantitative estimate of drug-likeness (QED) is 0.172. The third-order valence-electron chi connectivity index (χ3n) is 5.88. The molecular formula is C32H28F2O3. The van der Waals surface area contributed by atoms with Gasteiger partial charge in [0.25, 0.3) is 6.43 Å². The minimum atomic E-state index is -2.65. The molecule has 0 spiro atoms. The molecule has 4 rings (SSSR count). The molecule has 0 amide bonds. The molecule has 0 aromatic heterocycles. The van der Waals surface area contributed by atoms with E-state index in [1.165, 1.54) is 12.1 Å². The fourth-order valence-electron chi connectivity index (χ4n) is 4.11. The van der Waals surface area contributed by atoms with Gasteiger partial charge in [0.2, 0.25) is 0 Å². The number of benzene rings is 4. The molecule has 4 aromatic carbocycles. The molecule has 0 saturated carbocycles. The van der Waals surface area contributed by atoms with Gasteiger partial charge in [-0.25, -0.2) is 13.6 Å². The maximum absolute atomic E-state index is 14.2. The molecule has 0 saturated heterocycles. The summed E-state index contributed by atoms with van der Waals surface area (Å²) in [6.07, 6.45) is 0.306. The van der Waals surface area contributed by atoms with Crippen LogP contribution >= 0.6 is 0 Å². The van der Waals surface area contributed by atoms with Crippen molar-refractivity contribution in [1.29, 1.82) is 0 Å². The van der Waals surface area contributed by atoms with Gasteiger partial charge in [-0.1, -0.05) is 78.4 Å². The number of halogens is 2. The molecule has 5 heteroatoms. The van der Waals surface area contributed by atoms with Gasteiger partial charge in [0.15, 0.2) is 0 Å². The van der Waals surface area contributed by atoms with E-state index in [9.17, 15) is 13.6 Å². The average molecular weight is 499 g/mol. The number of rotatable bonds is 9. The van der Waals surface area contributed by atoms with E-state index in [2.05, 4.69) is 0 Å².